The molecule has 68 heavy (non-hydrogen) atoms. The summed E-state index contributed by atoms with van der Waals surface area (Å²) >= 11 is 0. The number of aromatic nitrogens is 2. The van der Waals surface area contributed by atoms with Gasteiger partial charge in [0.2, 0.25) is 5.91 Å². The van der Waals surface area contributed by atoms with Gasteiger partial charge in [-0.05, 0) is 54.8 Å². The number of ether oxygens (including phenoxy) is 1. The topological polar surface area (TPSA) is 410 Å². The molecule has 2 amide bonds. The Balaban J connectivity index is 0.970. The maximum absolute atomic E-state index is 13.1. The van der Waals surface area contributed by atoms with Gasteiger partial charge in [0.25, 0.3) is 11.5 Å². The van der Waals surface area contributed by atoms with E-state index < -0.39 is 83.6 Å². The van der Waals surface area contributed by atoms with Crippen molar-refractivity contribution >= 4 is 52.2 Å². The fraction of sp³-hybridized carbons (Fsp3) is 0.282. The van der Waals surface area contributed by atoms with E-state index in [2.05, 4.69) is 35.6 Å². The van der Waals surface area contributed by atoms with Crippen molar-refractivity contribution in [1.29, 1.82) is 0 Å². The van der Waals surface area contributed by atoms with E-state index in [-0.39, 0.29) is 64.3 Å². The van der Waals surface area contributed by atoms with Gasteiger partial charge in [-0.15, -0.1) is 0 Å². The Morgan fingerprint density at radius 2 is 1.59 bits per heavy atom. The number of hydrogen-bond donors (Lipinski definition) is 11. The number of aromatic carboxylic acids is 1. The number of nitrogens with one attached hydrogen (secondary N) is 3. The average molecular weight is 1010 g/mol. The number of fused-ring (bicyclic) bond motifs is 2. The molecule has 2 aromatic carbocycles. The van der Waals surface area contributed by atoms with Gasteiger partial charge in [-0.3, -0.25) is 33.3 Å². The van der Waals surface area contributed by atoms with Crippen LogP contribution in [0, 0.1) is 11.8 Å². The van der Waals surface area contributed by atoms with Crippen LogP contribution in [0.5, 0.6) is 5.75 Å². The number of aliphatic hydroxyl groups is 2. The molecule has 1 saturated heterocycles. The number of phosphoric acid groups is 3. The molecule has 6 atom stereocenters. The van der Waals surface area contributed by atoms with Gasteiger partial charge in [0.15, 0.2) is 11.7 Å². The lowest BCUT2D eigenvalue weighted by Gasteiger charge is -2.19. The summed E-state index contributed by atoms with van der Waals surface area (Å²) in [6.07, 6.45) is -5.17. The molecular formula is C39H39N4O22P3. The SMILES string of the molecule is O=C(CCCCCNC(=O)c1ccc(-c2c3ccc(=O)cc-3oc3cc(O)ccc23)c(C(=O)O)c1)NCC#Cc1cn([C@@H]2O[C@H](COP(=O)(O)OP(=O)(O)OP(=O)(O)O)[C@@H](O)[C@H]2O)c(=O)[nH]c1=O. The molecule has 1 fully saturated rings. The number of phosphoric ester groups is 1. The van der Waals surface area contributed by atoms with Crippen LogP contribution in [0.2, 0.25) is 0 Å². The first-order chi connectivity index (χ1) is 31.9. The molecule has 1 aliphatic carbocycles. The Bertz CT molecular complexity index is 3130. The van der Waals surface area contributed by atoms with E-state index in [1.54, 1.807) is 6.07 Å². The van der Waals surface area contributed by atoms with E-state index in [1.807, 2.05) is 4.98 Å². The smallest absolute Gasteiger partial charge is 0.490 e. The third kappa shape index (κ3) is 12.9. The number of unbranched alkanes of at least 4 members (excludes halogenated alkanes) is 2. The first kappa shape index (κ1) is 51.3. The normalized spacial score (nSPS) is 18.9. The number of carbonyl (C=O) groups excluding carboxylic acids is 2. The molecule has 3 heterocycles. The van der Waals surface area contributed by atoms with Crippen LogP contribution in [-0.4, -0.2) is 105 Å². The molecule has 1 aromatic heterocycles. The number of aromatic hydroxyl groups is 1. The van der Waals surface area contributed by atoms with Crippen molar-refractivity contribution in [3.05, 3.63) is 109 Å². The molecule has 0 bridgehead atoms. The van der Waals surface area contributed by atoms with Crippen molar-refractivity contribution in [3.63, 3.8) is 0 Å². The molecule has 0 spiro atoms. The second kappa shape index (κ2) is 21.0. The summed E-state index contributed by atoms with van der Waals surface area (Å²) in [5.74, 6) is 2.72. The van der Waals surface area contributed by atoms with E-state index in [0.717, 1.165) is 6.20 Å². The van der Waals surface area contributed by atoms with Crippen LogP contribution in [0.25, 0.3) is 33.4 Å². The molecule has 2 aliphatic heterocycles. The van der Waals surface area contributed by atoms with Crippen LogP contribution in [0.15, 0.2) is 79.6 Å². The van der Waals surface area contributed by atoms with Gasteiger partial charge in [-0.25, -0.2) is 23.3 Å². The summed E-state index contributed by atoms with van der Waals surface area (Å²) in [4.78, 5) is 113. The van der Waals surface area contributed by atoms with Gasteiger partial charge in [0.1, 0.15) is 41.0 Å². The maximum atomic E-state index is 13.1. The molecule has 0 saturated carbocycles. The Morgan fingerprint density at radius 1 is 0.853 bits per heavy atom. The second-order valence-corrected chi connectivity index (χ2v) is 19.1. The summed E-state index contributed by atoms with van der Waals surface area (Å²) in [7, 11) is -17.2. The molecule has 26 nitrogen and oxygen atoms in total. The number of rotatable bonds is 18. The molecule has 3 aliphatic rings. The third-order valence-corrected chi connectivity index (χ3v) is 13.6. The van der Waals surface area contributed by atoms with Crippen LogP contribution < -0.4 is 27.3 Å². The minimum absolute atomic E-state index is 0.0544. The van der Waals surface area contributed by atoms with Crippen LogP contribution in [0.1, 0.15) is 58.2 Å². The minimum Gasteiger partial charge on any atom is -0.508 e. The number of carboxylic acids is 1. The zero-order valence-corrected chi connectivity index (χ0v) is 37.3. The number of hydrogen-bond acceptors (Lipinski definition) is 17. The molecule has 29 heteroatoms. The number of phenols is 1. The third-order valence-electron chi connectivity index (χ3n) is 9.82. The zero-order chi connectivity index (χ0) is 49.7. The number of carboxylic acid groups (broad SMARTS) is 1. The maximum Gasteiger partial charge on any atom is 0.490 e. The number of phenolic OH excluding ortho intramolecular Hbond substituents is 1. The predicted octanol–water partition coefficient (Wildman–Crippen LogP) is 1.24. The molecule has 0 radical (unpaired) electrons. The lowest BCUT2D eigenvalue weighted by Crippen LogP contribution is -2.38. The first-order valence-electron chi connectivity index (χ1n) is 19.7. The summed E-state index contributed by atoms with van der Waals surface area (Å²) in [6.45, 7) is -1.24. The van der Waals surface area contributed by atoms with Gasteiger partial charge in [0, 0.05) is 53.4 Å². The highest BCUT2D eigenvalue weighted by Gasteiger charge is 2.47. The number of aliphatic hydroxyl groups excluding tert-OH is 2. The van der Waals surface area contributed by atoms with Crippen molar-refractivity contribution < 1.29 is 90.4 Å². The van der Waals surface area contributed by atoms with Crippen LogP contribution in [-0.2, 0) is 36.4 Å². The van der Waals surface area contributed by atoms with Crippen molar-refractivity contribution in [2.45, 2.75) is 50.2 Å². The highest BCUT2D eigenvalue weighted by atomic mass is 31.3. The average Bonchev–Trinajstić information content (AvgIpc) is 3.52. The lowest BCUT2D eigenvalue weighted by molar-refractivity contribution is -0.121. The summed E-state index contributed by atoms with van der Waals surface area (Å²) < 4.78 is 57.8. The second-order valence-electron chi connectivity index (χ2n) is 14.7. The number of aromatic amines is 1. The zero-order valence-electron chi connectivity index (χ0n) is 34.6. The van der Waals surface area contributed by atoms with Gasteiger partial charge in [-0.2, -0.15) is 8.62 Å². The number of benzene rings is 3. The number of nitrogens with zero attached hydrogens (tertiary/aromatic N) is 1. The monoisotopic (exact) mass is 1010 g/mol. The van der Waals surface area contributed by atoms with Crippen molar-refractivity contribution in [2.24, 2.45) is 0 Å². The fourth-order valence-corrected chi connectivity index (χ4v) is 9.85. The summed E-state index contributed by atoms with van der Waals surface area (Å²) in [5, 5.41) is 46.9. The molecule has 11 N–H and O–H groups in total. The molecule has 2 unspecified atom stereocenters. The van der Waals surface area contributed by atoms with E-state index in [0.29, 0.717) is 40.3 Å². The Hall–Kier alpha value is -6.13. The van der Waals surface area contributed by atoms with E-state index >= 15 is 0 Å². The highest BCUT2D eigenvalue weighted by molar-refractivity contribution is 7.66. The summed E-state index contributed by atoms with van der Waals surface area (Å²) in [6, 6.07) is 12.5. The van der Waals surface area contributed by atoms with E-state index in [1.165, 1.54) is 48.5 Å². The number of amides is 2. The van der Waals surface area contributed by atoms with Crippen molar-refractivity contribution in [2.75, 3.05) is 19.7 Å². The minimum atomic E-state index is -5.86. The molecular weight excluding hydrogens is 969 g/mol. The molecule has 6 rings (SSSR count). The Kier molecular flexibility index (Phi) is 15.9. The van der Waals surface area contributed by atoms with Crippen molar-refractivity contribution in [3.8, 4) is 40.0 Å². The Morgan fingerprint density at radius 3 is 2.31 bits per heavy atom. The predicted molar refractivity (Wildman–Crippen MR) is 231 cm³/mol. The first-order valence-corrected chi connectivity index (χ1v) is 24.2. The van der Waals surface area contributed by atoms with Gasteiger partial charge >= 0.3 is 35.1 Å². The quantitative estimate of drug-likeness (QED) is 0.0254. The van der Waals surface area contributed by atoms with Crippen LogP contribution >= 0.6 is 23.5 Å². The largest absolute Gasteiger partial charge is 0.508 e. The lowest BCUT2D eigenvalue weighted by atomic mass is 9.90. The van der Waals surface area contributed by atoms with E-state index in [4.69, 9.17) is 18.9 Å². The van der Waals surface area contributed by atoms with Crippen LogP contribution in [0.4, 0.5) is 0 Å². The van der Waals surface area contributed by atoms with Gasteiger partial charge < -0.3 is 59.8 Å². The molecule has 362 valence electrons. The number of H-pyrrole nitrogens is 1. The Labute approximate surface area is 380 Å². The summed E-state index contributed by atoms with van der Waals surface area (Å²) in [5.41, 5.74) is -1.69. The van der Waals surface area contributed by atoms with Crippen LogP contribution in [0.3, 0.4) is 0 Å². The fourth-order valence-electron chi connectivity index (χ4n) is 6.82. The highest BCUT2D eigenvalue weighted by Crippen LogP contribution is 2.66. The van der Waals surface area contributed by atoms with E-state index in [9.17, 15) is 72.7 Å². The number of carbonyl (C=O) groups is 3. The van der Waals surface area contributed by atoms with Gasteiger partial charge in [0.05, 0.1) is 18.7 Å². The molecule has 3 aromatic rings. The standard InChI is InChI=1S/C39H39N4O22P3/c44-22-8-11-25-28(16-22)62-29-17-23(45)9-12-26(29)32(25)24-10-7-20(15-27(24)38(51)52)35(49)41-13-3-1-2-6-31(46)40-14-4-5-21-18-43(39(53)42-36(21)50)37-34(48)33(47)30(63-37)19-61-67(57,58)65-68(59,60)64-66(54,55)56/h7-12,15-18,30,33-34,37,44,47-48H,1-3,6,13-14,19H2,(H,40,46)(H,41,49)(H,51,52)(H,57,58)(H,59,60)(H,42,50,53)(H2,54,55,56)/t30-,33-,34-,37-/m1/s1. The van der Waals surface area contributed by atoms with Crippen molar-refractivity contribution in [1.82, 2.24) is 20.2 Å². The van der Waals surface area contributed by atoms with Gasteiger partial charge in [-0.1, -0.05) is 24.3 Å².